The molecule has 116 valence electrons. The van der Waals surface area contributed by atoms with Crippen LogP contribution in [0.25, 0.3) is 0 Å². The smallest absolute Gasteiger partial charge is 0.322 e. The van der Waals surface area contributed by atoms with Gasteiger partial charge >= 0.3 is 5.97 Å². The van der Waals surface area contributed by atoms with Gasteiger partial charge in [-0.15, -0.1) is 0 Å². The lowest BCUT2D eigenvalue weighted by molar-refractivity contribution is -0.136. The van der Waals surface area contributed by atoms with Gasteiger partial charge in [0.1, 0.15) is 23.9 Å². The fourth-order valence-corrected chi connectivity index (χ4v) is 1.45. The number of carboxylic acid groups (broad SMARTS) is 1. The van der Waals surface area contributed by atoms with Crippen molar-refractivity contribution in [3.05, 3.63) is 59.9 Å². The number of aliphatic carboxylic acids is 1. The number of carbonyl (C=O) groups is 2. The first-order valence-corrected chi connectivity index (χ1v) is 6.40. The summed E-state index contributed by atoms with van der Waals surface area (Å²) >= 11 is 0. The van der Waals surface area contributed by atoms with E-state index in [1.54, 1.807) is 12.1 Å². The number of ether oxygens (including phenoxy) is 1. The van der Waals surface area contributed by atoms with Gasteiger partial charge in [-0.3, -0.25) is 9.59 Å². The van der Waals surface area contributed by atoms with Crippen molar-refractivity contribution in [2.45, 2.75) is 6.92 Å². The van der Waals surface area contributed by atoms with Gasteiger partial charge in [-0.2, -0.15) is 0 Å². The predicted molar refractivity (Wildman–Crippen MR) is 79.4 cm³/mol. The molecule has 0 fully saturated rings. The Hall–Kier alpha value is -2.89. The number of hydrogen-bond acceptors (Lipinski definition) is 3. The zero-order valence-electron chi connectivity index (χ0n) is 12.0. The van der Waals surface area contributed by atoms with Gasteiger partial charge < -0.3 is 15.2 Å². The molecule has 1 amide bonds. The summed E-state index contributed by atoms with van der Waals surface area (Å²) in [5, 5.41) is 9.79. The molecule has 2 rings (SSSR count). The first-order chi connectivity index (χ1) is 10.5. The molecule has 0 aliphatic carbocycles. The molecular weight excluding hydrogens is 289 g/mol. The lowest BCUT2D eigenvalue weighted by Crippen LogP contribution is -2.20. The van der Waals surface area contributed by atoms with Crippen molar-refractivity contribution in [2.75, 3.05) is 6.54 Å². The fraction of sp³-hybridized carbons (Fsp3) is 0.125. The van der Waals surface area contributed by atoms with Gasteiger partial charge in [0.2, 0.25) is 6.41 Å². The standard InChI is InChI=1S/C13H11FO.C3H5NO3/c1-10-3-2-4-13(9-10)15-12-7-5-11(14)6-8-12;5-2-4-1-3(6)7/h2-9H,1H3;2H,1H2,(H,4,5)(H,6,7). The quantitative estimate of drug-likeness (QED) is 0.833. The van der Waals surface area contributed by atoms with Crippen molar-refractivity contribution in [3.8, 4) is 11.5 Å². The highest BCUT2D eigenvalue weighted by molar-refractivity contribution is 5.71. The summed E-state index contributed by atoms with van der Waals surface area (Å²) in [5.41, 5.74) is 1.13. The van der Waals surface area contributed by atoms with Gasteiger partial charge in [-0.25, -0.2) is 4.39 Å². The molecule has 6 heteroatoms. The third-order valence-corrected chi connectivity index (χ3v) is 2.38. The van der Waals surface area contributed by atoms with Crippen LogP contribution < -0.4 is 10.1 Å². The van der Waals surface area contributed by atoms with E-state index in [4.69, 9.17) is 9.84 Å². The Labute approximate surface area is 127 Å². The number of carboxylic acids is 1. The second-order valence-corrected chi connectivity index (χ2v) is 4.26. The van der Waals surface area contributed by atoms with E-state index in [1.165, 1.54) is 12.1 Å². The molecule has 0 spiro atoms. The third-order valence-electron chi connectivity index (χ3n) is 2.38. The van der Waals surface area contributed by atoms with Gasteiger partial charge in [-0.1, -0.05) is 12.1 Å². The van der Waals surface area contributed by atoms with E-state index in [2.05, 4.69) is 0 Å². The molecule has 0 saturated carbocycles. The summed E-state index contributed by atoms with van der Waals surface area (Å²) in [6.07, 6.45) is 0.341. The first kappa shape index (κ1) is 17.2. The summed E-state index contributed by atoms with van der Waals surface area (Å²) < 4.78 is 18.2. The molecule has 22 heavy (non-hydrogen) atoms. The minimum absolute atomic E-state index is 0.258. The SMILES string of the molecule is Cc1cccc(Oc2ccc(F)cc2)c1.O=CNCC(=O)O. The molecule has 0 aliphatic rings. The Morgan fingerprint density at radius 2 is 1.91 bits per heavy atom. The Kier molecular flexibility index (Phi) is 7.12. The van der Waals surface area contributed by atoms with E-state index in [1.807, 2.05) is 36.5 Å². The predicted octanol–water partition coefficient (Wildman–Crippen LogP) is 2.74. The maximum Gasteiger partial charge on any atom is 0.322 e. The van der Waals surface area contributed by atoms with Crippen molar-refractivity contribution >= 4 is 12.4 Å². The molecular formula is C16H16FNO4. The summed E-state index contributed by atoms with van der Waals surface area (Å²) in [4.78, 5) is 18.9. The van der Waals surface area contributed by atoms with Crippen LogP contribution in [0.4, 0.5) is 4.39 Å². The Balaban J connectivity index is 0.000000295. The molecule has 0 atom stereocenters. The van der Waals surface area contributed by atoms with Crippen molar-refractivity contribution in [1.29, 1.82) is 0 Å². The van der Waals surface area contributed by atoms with E-state index in [-0.39, 0.29) is 12.4 Å². The normalized spacial score (nSPS) is 9.18. The van der Waals surface area contributed by atoms with Gasteiger partial charge in [0.05, 0.1) is 0 Å². The summed E-state index contributed by atoms with van der Waals surface area (Å²) in [6, 6.07) is 13.7. The molecule has 0 aliphatic heterocycles. The Morgan fingerprint density at radius 3 is 2.41 bits per heavy atom. The minimum Gasteiger partial charge on any atom is -0.480 e. The molecule has 2 N–H and O–H groups in total. The summed E-state index contributed by atoms with van der Waals surface area (Å²) in [6.45, 7) is 1.70. The van der Waals surface area contributed by atoms with Crippen LogP contribution in [0.3, 0.4) is 0 Å². The monoisotopic (exact) mass is 305 g/mol. The van der Waals surface area contributed by atoms with Crippen LogP contribution in [0, 0.1) is 12.7 Å². The molecule has 5 nitrogen and oxygen atoms in total. The molecule has 0 saturated heterocycles. The van der Waals surface area contributed by atoms with Crippen LogP contribution in [0.15, 0.2) is 48.5 Å². The zero-order chi connectivity index (χ0) is 16.4. The molecule has 0 radical (unpaired) electrons. The van der Waals surface area contributed by atoms with Gasteiger partial charge in [0, 0.05) is 0 Å². The zero-order valence-corrected chi connectivity index (χ0v) is 12.0. The average Bonchev–Trinajstić information content (AvgIpc) is 2.48. The van der Waals surface area contributed by atoms with E-state index in [9.17, 15) is 14.0 Å². The molecule has 0 heterocycles. The lowest BCUT2D eigenvalue weighted by atomic mass is 10.2. The van der Waals surface area contributed by atoms with E-state index >= 15 is 0 Å². The van der Waals surface area contributed by atoms with Gasteiger partial charge in [-0.05, 0) is 48.9 Å². The number of carbonyl (C=O) groups excluding carboxylic acids is 1. The number of halogens is 1. The first-order valence-electron chi connectivity index (χ1n) is 6.40. The number of aryl methyl sites for hydroxylation is 1. The maximum absolute atomic E-state index is 12.6. The van der Waals surface area contributed by atoms with Crippen molar-refractivity contribution in [3.63, 3.8) is 0 Å². The highest BCUT2D eigenvalue weighted by atomic mass is 19.1. The molecule has 0 unspecified atom stereocenters. The van der Waals surface area contributed by atoms with E-state index < -0.39 is 5.97 Å². The second-order valence-electron chi connectivity index (χ2n) is 4.26. The summed E-state index contributed by atoms with van der Waals surface area (Å²) in [5.74, 6) is 0.113. The van der Waals surface area contributed by atoms with Crippen molar-refractivity contribution < 1.29 is 23.8 Å². The molecule has 0 aromatic heterocycles. The molecule has 2 aromatic rings. The largest absolute Gasteiger partial charge is 0.480 e. The van der Waals surface area contributed by atoms with Crippen molar-refractivity contribution in [2.24, 2.45) is 0 Å². The maximum atomic E-state index is 12.6. The van der Waals surface area contributed by atoms with Gasteiger partial charge in [0.15, 0.2) is 0 Å². The third kappa shape index (κ3) is 7.04. The van der Waals surface area contributed by atoms with Crippen LogP contribution >= 0.6 is 0 Å². The number of rotatable bonds is 5. The van der Waals surface area contributed by atoms with E-state index in [0.717, 1.165) is 11.3 Å². The molecule has 0 bridgehead atoms. The second kappa shape index (κ2) is 9.12. The number of benzene rings is 2. The minimum atomic E-state index is -1.04. The number of amides is 1. The topological polar surface area (TPSA) is 75.6 Å². The van der Waals surface area contributed by atoms with Crippen LogP contribution in [-0.2, 0) is 9.59 Å². The highest BCUT2D eigenvalue weighted by Gasteiger charge is 1.97. The van der Waals surface area contributed by atoms with Gasteiger partial charge in [0.25, 0.3) is 0 Å². The van der Waals surface area contributed by atoms with Crippen molar-refractivity contribution in [1.82, 2.24) is 5.32 Å². The summed E-state index contributed by atoms with van der Waals surface area (Å²) in [7, 11) is 0. The van der Waals surface area contributed by atoms with Crippen LogP contribution in [0.2, 0.25) is 0 Å². The van der Waals surface area contributed by atoms with Crippen LogP contribution in [0.1, 0.15) is 5.56 Å². The number of nitrogens with one attached hydrogen (secondary N) is 1. The fourth-order valence-electron chi connectivity index (χ4n) is 1.45. The van der Waals surface area contributed by atoms with E-state index in [0.29, 0.717) is 12.2 Å². The average molecular weight is 305 g/mol. The Bertz CT molecular complexity index is 614. The Morgan fingerprint density at radius 1 is 1.23 bits per heavy atom. The highest BCUT2D eigenvalue weighted by Crippen LogP contribution is 2.21. The van der Waals surface area contributed by atoms with Crippen LogP contribution in [0.5, 0.6) is 11.5 Å². The lowest BCUT2D eigenvalue weighted by Gasteiger charge is -2.05. The number of hydrogen-bond donors (Lipinski definition) is 2. The van der Waals surface area contributed by atoms with Crippen LogP contribution in [-0.4, -0.2) is 24.0 Å². The molecule has 2 aromatic carbocycles.